The molecule has 3 aromatic heterocycles. The molecule has 0 radical (unpaired) electrons. The first-order valence-corrected chi connectivity index (χ1v) is 7.48. The van der Waals surface area contributed by atoms with Crippen LogP contribution in [0.3, 0.4) is 0 Å². The molecular weight excluding hydrogens is 268 g/mol. The van der Waals surface area contributed by atoms with E-state index in [0.717, 1.165) is 10.0 Å². The van der Waals surface area contributed by atoms with Crippen LogP contribution in [0.15, 0.2) is 36.4 Å². The first-order valence-electron chi connectivity index (χ1n) is 5.03. The molecule has 3 heterocycles. The average molecular weight is 278 g/mol. The van der Waals surface area contributed by atoms with E-state index in [2.05, 4.69) is 24.3 Å². The van der Waals surface area contributed by atoms with Crippen molar-refractivity contribution < 1.29 is 0 Å². The van der Waals surface area contributed by atoms with Crippen molar-refractivity contribution in [2.24, 2.45) is 0 Å². The van der Waals surface area contributed by atoms with Gasteiger partial charge in [-0.3, -0.25) is 0 Å². The van der Waals surface area contributed by atoms with E-state index in [1.165, 1.54) is 19.5 Å². The van der Waals surface area contributed by atoms with Gasteiger partial charge in [0.1, 0.15) is 0 Å². The number of anilines is 2. The molecule has 5 heteroatoms. The van der Waals surface area contributed by atoms with Gasteiger partial charge >= 0.3 is 0 Å². The maximum Gasteiger partial charge on any atom is 0.0863 e. The van der Waals surface area contributed by atoms with E-state index < -0.39 is 0 Å². The number of nitrogen functional groups attached to an aromatic ring is 2. The Bertz CT molecular complexity index is 593. The summed E-state index contributed by atoms with van der Waals surface area (Å²) in [5, 5.41) is 1.71. The minimum atomic E-state index is 0.857. The van der Waals surface area contributed by atoms with E-state index in [1.54, 1.807) is 34.0 Å². The van der Waals surface area contributed by atoms with Crippen molar-refractivity contribution in [3.63, 3.8) is 0 Å². The van der Waals surface area contributed by atoms with Gasteiger partial charge < -0.3 is 11.5 Å². The van der Waals surface area contributed by atoms with Crippen LogP contribution in [0.2, 0.25) is 0 Å². The van der Waals surface area contributed by atoms with Gasteiger partial charge in [0.2, 0.25) is 0 Å². The molecule has 0 bridgehead atoms. The van der Waals surface area contributed by atoms with Crippen molar-refractivity contribution in [1.82, 2.24) is 0 Å². The van der Waals surface area contributed by atoms with Gasteiger partial charge in [-0.05, 0) is 36.4 Å². The molecule has 0 atom stereocenters. The molecule has 0 saturated heterocycles. The number of hydrogen-bond acceptors (Lipinski definition) is 5. The Labute approximate surface area is 111 Å². The summed E-state index contributed by atoms with van der Waals surface area (Å²) in [7, 11) is 0. The Morgan fingerprint density at radius 2 is 0.882 bits per heavy atom. The van der Waals surface area contributed by atoms with Crippen molar-refractivity contribution in [3.05, 3.63) is 36.4 Å². The highest BCUT2D eigenvalue weighted by Crippen LogP contribution is 2.40. The molecule has 0 saturated carbocycles. The molecule has 86 valence electrons. The van der Waals surface area contributed by atoms with Crippen LogP contribution >= 0.6 is 34.0 Å². The fourth-order valence-corrected chi connectivity index (χ4v) is 4.31. The molecule has 0 aliphatic heterocycles. The third-order valence-electron chi connectivity index (χ3n) is 2.35. The van der Waals surface area contributed by atoms with Crippen molar-refractivity contribution in [3.8, 4) is 19.5 Å². The molecule has 17 heavy (non-hydrogen) atoms. The minimum absolute atomic E-state index is 0.857. The zero-order valence-corrected chi connectivity index (χ0v) is 11.3. The second kappa shape index (κ2) is 4.18. The standard InChI is InChI=1S/C12H10N2S3/c13-11-5-3-9(16-11)7-1-2-8(15-7)10-4-6-12(14)17-10/h1-6H,13-14H2. The summed E-state index contributed by atoms with van der Waals surface area (Å²) in [4.78, 5) is 4.97. The second-order valence-electron chi connectivity index (χ2n) is 3.57. The molecule has 0 fully saturated rings. The molecular formula is C12H10N2S3. The zero-order valence-electron chi connectivity index (χ0n) is 8.84. The number of rotatable bonds is 2. The Morgan fingerprint density at radius 1 is 0.529 bits per heavy atom. The average Bonchev–Trinajstić information content (AvgIpc) is 2.96. The van der Waals surface area contributed by atoms with Crippen LogP contribution in [0.5, 0.6) is 0 Å². The van der Waals surface area contributed by atoms with Crippen molar-refractivity contribution >= 4 is 44.0 Å². The molecule has 0 spiro atoms. The van der Waals surface area contributed by atoms with Crippen LogP contribution in [0.1, 0.15) is 0 Å². The number of hydrogen-bond donors (Lipinski definition) is 2. The number of thiophene rings is 3. The normalized spacial score (nSPS) is 10.8. The fraction of sp³-hybridized carbons (Fsp3) is 0. The van der Waals surface area contributed by atoms with E-state index in [1.807, 2.05) is 12.1 Å². The van der Waals surface area contributed by atoms with Gasteiger partial charge in [-0.15, -0.1) is 34.0 Å². The summed E-state index contributed by atoms with van der Waals surface area (Å²) < 4.78 is 0. The summed E-state index contributed by atoms with van der Waals surface area (Å²) in [6.45, 7) is 0. The van der Waals surface area contributed by atoms with Gasteiger partial charge in [-0.2, -0.15) is 0 Å². The molecule has 0 aliphatic rings. The molecule has 0 amide bonds. The van der Waals surface area contributed by atoms with Crippen molar-refractivity contribution in [2.75, 3.05) is 11.5 Å². The fourth-order valence-electron chi connectivity index (χ4n) is 1.57. The lowest BCUT2D eigenvalue weighted by molar-refractivity contribution is 1.89. The smallest absolute Gasteiger partial charge is 0.0863 e. The highest BCUT2D eigenvalue weighted by atomic mass is 32.1. The minimum Gasteiger partial charge on any atom is -0.391 e. The summed E-state index contributed by atoms with van der Waals surface area (Å²) in [6.07, 6.45) is 0. The summed E-state index contributed by atoms with van der Waals surface area (Å²) in [5.74, 6) is 0. The molecule has 2 nitrogen and oxygen atoms in total. The summed E-state index contributed by atoms with van der Waals surface area (Å²) >= 11 is 5.02. The Hall–Kier alpha value is -1.30. The maximum atomic E-state index is 5.75. The second-order valence-corrected chi connectivity index (χ2v) is 6.88. The highest BCUT2D eigenvalue weighted by Gasteiger charge is 2.08. The van der Waals surface area contributed by atoms with Gasteiger partial charge in [-0.25, -0.2) is 0 Å². The van der Waals surface area contributed by atoms with Gasteiger partial charge in [-0.1, -0.05) is 0 Å². The summed E-state index contributed by atoms with van der Waals surface area (Å²) in [6, 6.07) is 12.3. The quantitative estimate of drug-likeness (QED) is 0.731. The van der Waals surface area contributed by atoms with Crippen LogP contribution < -0.4 is 11.5 Å². The van der Waals surface area contributed by atoms with Gasteiger partial charge in [0.15, 0.2) is 0 Å². The molecule has 3 aromatic rings. The lowest BCUT2D eigenvalue weighted by Crippen LogP contribution is -1.72. The van der Waals surface area contributed by atoms with Crippen LogP contribution in [-0.2, 0) is 0 Å². The SMILES string of the molecule is Nc1ccc(-c2ccc(-c3ccc(N)s3)s2)s1. The lowest BCUT2D eigenvalue weighted by atomic mass is 10.3. The van der Waals surface area contributed by atoms with E-state index >= 15 is 0 Å². The van der Waals surface area contributed by atoms with Crippen molar-refractivity contribution in [2.45, 2.75) is 0 Å². The molecule has 3 rings (SSSR count). The Morgan fingerprint density at radius 3 is 1.24 bits per heavy atom. The zero-order chi connectivity index (χ0) is 11.8. The van der Waals surface area contributed by atoms with E-state index in [4.69, 9.17) is 11.5 Å². The largest absolute Gasteiger partial charge is 0.391 e. The van der Waals surface area contributed by atoms with E-state index in [0.29, 0.717) is 0 Å². The number of nitrogens with two attached hydrogens (primary N) is 2. The third kappa shape index (κ3) is 2.09. The van der Waals surface area contributed by atoms with Gasteiger partial charge in [0.05, 0.1) is 10.0 Å². The first-order chi connectivity index (χ1) is 8.22. The molecule has 0 aromatic carbocycles. The Balaban J connectivity index is 1.98. The van der Waals surface area contributed by atoms with Crippen LogP contribution in [0.25, 0.3) is 19.5 Å². The van der Waals surface area contributed by atoms with E-state index in [9.17, 15) is 0 Å². The lowest BCUT2D eigenvalue weighted by Gasteiger charge is -1.90. The first kappa shape index (κ1) is 10.8. The maximum absolute atomic E-state index is 5.75. The van der Waals surface area contributed by atoms with E-state index in [-0.39, 0.29) is 0 Å². The van der Waals surface area contributed by atoms with Crippen LogP contribution in [0.4, 0.5) is 10.0 Å². The molecule has 4 N–H and O–H groups in total. The highest BCUT2D eigenvalue weighted by molar-refractivity contribution is 7.28. The van der Waals surface area contributed by atoms with Crippen molar-refractivity contribution in [1.29, 1.82) is 0 Å². The van der Waals surface area contributed by atoms with Crippen LogP contribution in [0, 0.1) is 0 Å². The summed E-state index contributed by atoms with van der Waals surface area (Å²) in [5.41, 5.74) is 11.5. The van der Waals surface area contributed by atoms with Crippen LogP contribution in [-0.4, -0.2) is 0 Å². The van der Waals surface area contributed by atoms with Gasteiger partial charge in [0.25, 0.3) is 0 Å². The predicted octanol–water partition coefficient (Wildman–Crippen LogP) is 4.37. The monoisotopic (exact) mass is 278 g/mol. The molecule has 0 unspecified atom stereocenters. The Kier molecular flexibility index (Phi) is 2.66. The van der Waals surface area contributed by atoms with Gasteiger partial charge in [0, 0.05) is 19.5 Å². The third-order valence-corrected chi connectivity index (χ3v) is 5.65. The predicted molar refractivity (Wildman–Crippen MR) is 79.8 cm³/mol. The molecule has 0 aliphatic carbocycles. The topological polar surface area (TPSA) is 52.0 Å².